The molecule has 1 saturated carbocycles. The van der Waals surface area contributed by atoms with Crippen molar-refractivity contribution in [2.24, 2.45) is 0 Å². The fraction of sp³-hybridized carbons (Fsp3) is 0.438. The molecule has 0 spiro atoms. The van der Waals surface area contributed by atoms with Crippen LogP contribution in [0.5, 0.6) is 0 Å². The first kappa shape index (κ1) is 13.8. The molecule has 4 heteroatoms. The van der Waals surface area contributed by atoms with Crippen molar-refractivity contribution < 1.29 is 0 Å². The number of nitrogens with one attached hydrogen (secondary N) is 1. The van der Waals surface area contributed by atoms with Crippen molar-refractivity contribution in [2.75, 3.05) is 0 Å². The third kappa shape index (κ3) is 2.67. The first-order chi connectivity index (χ1) is 9.56. The molecule has 3 rings (SSSR count). The van der Waals surface area contributed by atoms with E-state index in [1.54, 1.807) is 0 Å². The van der Waals surface area contributed by atoms with Crippen molar-refractivity contribution in [1.82, 2.24) is 15.1 Å². The van der Waals surface area contributed by atoms with Crippen molar-refractivity contribution >= 4 is 15.9 Å². The lowest BCUT2D eigenvalue weighted by atomic mass is 10.1. The van der Waals surface area contributed by atoms with Crippen molar-refractivity contribution in [2.45, 2.75) is 46.2 Å². The number of nitrogens with zero attached hydrogens (tertiary/aromatic N) is 2. The topological polar surface area (TPSA) is 29.9 Å². The van der Waals surface area contributed by atoms with Gasteiger partial charge in [-0.3, -0.25) is 0 Å². The second-order valence-corrected chi connectivity index (χ2v) is 6.47. The lowest BCUT2D eigenvalue weighted by Crippen LogP contribution is -2.15. The van der Waals surface area contributed by atoms with Crippen LogP contribution in [0, 0.1) is 20.8 Å². The summed E-state index contributed by atoms with van der Waals surface area (Å²) in [6, 6.07) is 7.38. The monoisotopic (exact) mass is 333 g/mol. The average Bonchev–Trinajstić information content (AvgIpc) is 3.21. The van der Waals surface area contributed by atoms with Gasteiger partial charge in [-0.1, -0.05) is 12.1 Å². The smallest absolute Gasteiger partial charge is 0.0743 e. The van der Waals surface area contributed by atoms with E-state index in [1.807, 2.05) is 11.6 Å². The van der Waals surface area contributed by atoms with E-state index in [1.165, 1.54) is 24.0 Å². The van der Waals surface area contributed by atoms with Gasteiger partial charge in [0.1, 0.15) is 0 Å². The molecule has 20 heavy (non-hydrogen) atoms. The van der Waals surface area contributed by atoms with Crippen LogP contribution in [0.1, 0.15) is 35.4 Å². The van der Waals surface area contributed by atoms with Crippen LogP contribution in [-0.4, -0.2) is 15.8 Å². The number of rotatable bonds is 4. The predicted molar refractivity (Wildman–Crippen MR) is 85.3 cm³/mol. The highest BCUT2D eigenvalue weighted by Crippen LogP contribution is 2.25. The van der Waals surface area contributed by atoms with Crippen LogP contribution in [0.3, 0.4) is 0 Å². The van der Waals surface area contributed by atoms with E-state index in [0.717, 1.165) is 34.1 Å². The van der Waals surface area contributed by atoms with Crippen molar-refractivity contribution in [1.29, 1.82) is 0 Å². The van der Waals surface area contributed by atoms with E-state index in [4.69, 9.17) is 0 Å². The zero-order chi connectivity index (χ0) is 14.3. The van der Waals surface area contributed by atoms with Crippen LogP contribution < -0.4 is 5.32 Å². The Bertz CT molecular complexity index is 641. The van der Waals surface area contributed by atoms with E-state index in [2.05, 4.69) is 58.4 Å². The highest BCUT2D eigenvalue weighted by atomic mass is 79.9. The fourth-order valence-electron chi connectivity index (χ4n) is 2.47. The number of aryl methyl sites for hydroxylation is 2. The van der Waals surface area contributed by atoms with Gasteiger partial charge in [-0.25, -0.2) is 4.68 Å². The molecule has 1 N–H and O–H groups in total. The first-order valence-electron chi connectivity index (χ1n) is 7.11. The zero-order valence-corrected chi connectivity index (χ0v) is 13.8. The molecule has 3 nitrogen and oxygen atoms in total. The minimum Gasteiger partial charge on any atom is -0.310 e. The maximum Gasteiger partial charge on any atom is 0.0743 e. The Hall–Kier alpha value is -1.13. The third-order valence-electron chi connectivity index (χ3n) is 3.86. The van der Waals surface area contributed by atoms with Gasteiger partial charge >= 0.3 is 0 Å². The van der Waals surface area contributed by atoms with Gasteiger partial charge in [-0.05, 0) is 66.7 Å². The van der Waals surface area contributed by atoms with Crippen LogP contribution in [0.15, 0.2) is 22.7 Å². The molecule has 2 aromatic rings. The minimum absolute atomic E-state index is 0.752. The molecule has 1 aromatic carbocycles. The standard InChI is InChI=1S/C16H20BrN3/c1-10-8-13(9-18-14-5-6-14)4-7-15(10)20-12(3)16(17)11(2)19-20/h4,7-8,14,18H,5-6,9H2,1-3H3. The Morgan fingerprint density at radius 3 is 2.60 bits per heavy atom. The van der Waals surface area contributed by atoms with E-state index in [0.29, 0.717) is 0 Å². The molecule has 0 saturated heterocycles. The second kappa shape index (κ2) is 5.34. The average molecular weight is 334 g/mol. The first-order valence-corrected chi connectivity index (χ1v) is 7.90. The van der Waals surface area contributed by atoms with Gasteiger partial charge < -0.3 is 5.32 Å². The van der Waals surface area contributed by atoms with Gasteiger partial charge in [0.25, 0.3) is 0 Å². The number of halogens is 1. The summed E-state index contributed by atoms with van der Waals surface area (Å²) in [5.74, 6) is 0. The zero-order valence-electron chi connectivity index (χ0n) is 12.2. The van der Waals surface area contributed by atoms with Crippen molar-refractivity contribution in [3.05, 3.63) is 45.2 Å². The maximum atomic E-state index is 4.61. The van der Waals surface area contributed by atoms with E-state index >= 15 is 0 Å². The Balaban J connectivity index is 1.87. The molecule has 1 aromatic heterocycles. The summed E-state index contributed by atoms with van der Waals surface area (Å²) in [6.45, 7) is 7.23. The second-order valence-electron chi connectivity index (χ2n) is 5.67. The number of hydrogen-bond acceptors (Lipinski definition) is 2. The Morgan fingerprint density at radius 2 is 2.05 bits per heavy atom. The molecular weight excluding hydrogens is 314 g/mol. The molecule has 1 fully saturated rings. The van der Waals surface area contributed by atoms with Gasteiger partial charge in [0.15, 0.2) is 0 Å². The number of aromatic nitrogens is 2. The molecule has 106 valence electrons. The molecule has 1 aliphatic rings. The fourth-order valence-corrected chi connectivity index (χ4v) is 2.72. The highest BCUT2D eigenvalue weighted by molar-refractivity contribution is 9.10. The molecule has 0 radical (unpaired) electrons. The summed E-state index contributed by atoms with van der Waals surface area (Å²) in [5.41, 5.74) is 5.94. The Labute approximate surface area is 128 Å². The SMILES string of the molecule is Cc1cc(CNC2CC2)ccc1-n1nc(C)c(Br)c1C. The summed E-state index contributed by atoms with van der Waals surface area (Å²) in [5, 5.41) is 8.16. The van der Waals surface area contributed by atoms with Gasteiger partial charge in [-0.2, -0.15) is 5.10 Å². The maximum absolute atomic E-state index is 4.61. The summed E-state index contributed by atoms with van der Waals surface area (Å²) in [4.78, 5) is 0. The third-order valence-corrected chi connectivity index (χ3v) is 5.01. The van der Waals surface area contributed by atoms with Crippen molar-refractivity contribution in [3.8, 4) is 5.69 Å². The number of benzene rings is 1. The molecule has 0 bridgehead atoms. The summed E-state index contributed by atoms with van der Waals surface area (Å²) in [7, 11) is 0. The van der Waals surface area contributed by atoms with E-state index in [9.17, 15) is 0 Å². The van der Waals surface area contributed by atoms with Gasteiger partial charge in [-0.15, -0.1) is 0 Å². The van der Waals surface area contributed by atoms with Gasteiger partial charge in [0.2, 0.25) is 0 Å². The molecule has 0 aliphatic heterocycles. The molecule has 0 amide bonds. The highest BCUT2D eigenvalue weighted by Gasteiger charge is 2.20. The van der Waals surface area contributed by atoms with Crippen LogP contribution in [0.2, 0.25) is 0 Å². The van der Waals surface area contributed by atoms with E-state index in [-0.39, 0.29) is 0 Å². The molecule has 1 heterocycles. The van der Waals surface area contributed by atoms with E-state index < -0.39 is 0 Å². The van der Waals surface area contributed by atoms with Crippen LogP contribution >= 0.6 is 15.9 Å². The minimum atomic E-state index is 0.752. The number of hydrogen-bond donors (Lipinski definition) is 1. The molecule has 0 atom stereocenters. The van der Waals surface area contributed by atoms with Crippen LogP contribution in [-0.2, 0) is 6.54 Å². The van der Waals surface area contributed by atoms with Gasteiger partial charge in [0, 0.05) is 12.6 Å². The largest absolute Gasteiger partial charge is 0.310 e. The van der Waals surface area contributed by atoms with Crippen LogP contribution in [0.4, 0.5) is 0 Å². The summed E-state index contributed by atoms with van der Waals surface area (Å²) >= 11 is 3.59. The normalized spacial score (nSPS) is 14.8. The summed E-state index contributed by atoms with van der Waals surface area (Å²) < 4.78 is 3.11. The predicted octanol–water partition coefficient (Wildman–Crippen LogP) is 3.81. The Kier molecular flexibility index (Phi) is 3.69. The van der Waals surface area contributed by atoms with Gasteiger partial charge in [0.05, 0.1) is 21.5 Å². The lowest BCUT2D eigenvalue weighted by Gasteiger charge is -2.11. The Morgan fingerprint density at radius 1 is 1.30 bits per heavy atom. The molecule has 1 aliphatic carbocycles. The lowest BCUT2D eigenvalue weighted by molar-refractivity contribution is 0.687. The van der Waals surface area contributed by atoms with Crippen molar-refractivity contribution in [3.63, 3.8) is 0 Å². The molecular formula is C16H20BrN3. The van der Waals surface area contributed by atoms with Crippen LogP contribution in [0.25, 0.3) is 5.69 Å². The quantitative estimate of drug-likeness (QED) is 0.921. The molecule has 0 unspecified atom stereocenters. The summed E-state index contributed by atoms with van der Waals surface area (Å²) in [6.07, 6.45) is 2.66.